The Kier molecular flexibility index (Phi) is 3.73. The molecular weight excluding hydrogens is 242 g/mol. The normalized spacial score (nSPS) is 9.21. The van der Waals surface area contributed by atoms with E-state index < -0.39 is 0 Å². The highest BCUT2D eigenvalue weighted by Crippen LogP contribution is 2.22. The topological polar surface area (TPSA) is 20.3 Å². The highest BCUT2D eigenvalue weighted by atomic mass is 79.9. The van der Waals surface area contributed by atoms with E-state index in [-0.39, 0.29) is 0 Å². The Hall–Kier alpha value is -1.27. The van der Waals surface area contributed by atoms with Crippen LogP contribution in [0.5, 0.6) is 0 Å². The molecule has 0 fully saturated rings. The first-order valence-electron chi connectivity index (χ1n) is 4.08. The Balaban J connectivity index is 2.97. The number of aldehydes is 1. The number of nitrogens with zero attached hydrogens (tertiary/aromatic N) is 1. The highest BCUT2D eigenvalue weighted by Gasteiger charge is 2.03. The van der Waals surface area contributed by atoms with Gasteiger partial charge in [0.05, 0.1) is 6.54 Å². The highest BCUT2D eigenvalue weighted by molar-refractivity contribution is 9.10. The van der Waals surface area contributed by atoms with Crippen LogP contribution in [0.25, 0.3) is 0 Å². The monoisotopic (exact) mass is 251 g/mol. The molecule has 0 atom stereocenters. The van der Waals surface area contributed by atoms with E-state index in [1.165, 1.54) is 0 Å². The average molecular weight is 252 g/mol. The molecule has 0 heterocycles. The summed E-state index contributed by atoms with van der Waals surface area (Å²) < 4.78 is 0.786. The Bertz CT molecular complexity index is 381. The molecule has 0 amide bonds. The average Bonchev–Trinajstić information content (AvgIpc) is 2.18. The number of benzene rings is 1. The molecule has 0 spiro atoms. The molecule has 2 nitrogen and oxygen atoms in total. The fourth-order valence-corrected chi connectivity index (χ4v) is 1.54. The van der Waals surface area contributed by atoms with Gasteiger partial charge in [0, 0.05) is 22.8 Å². The SMILES string of the molecule is C#CCN(C)c1ccc(C=O)c(Br)c1. The third-order valence-corrected chi connectivity index (χ3v) is 2.57. The van der Waals surface area contributed by atoms with Crippen molar-refractivity contribution in [1.29, 1.82) is 0 Å². The van der Waals surface area contributed by atoms with E-state index in [0.29, 0.717) is 12.1 Å². The first kappa shape index (κ1) is 10.8. The Morgan fingerprint density at radius 3 is 2.86 bits per heavy atom. The number of hydrogen-bond donors (Lipinski definition) is 0. The first-order valence-corrected chi connectivity index (χ1v) is 4.87. The number of carbonyl (C=O) groups excluding carboxylic acids is 1. The second kappa shape index (κ2) is 4.83. The summed E-state index contributed by atoms with van der Waals surface area (Å²) in [5.74, 6) is 2.56. The minimum absolute atomic E-state index is 0.548. The number of hydrogen-bond acceptors (Lipinski definition) is 2. The van der Waals surface area contributed by atoms with Crippen LogP contribution in [0.4, 0.5) is 5.69 Å². The van der Waals surface area contributed by atoms with Crippen molar-refractivity contribution < 1.29 is 4.79 Å². The molecule has 0 aromatic heterocycles. The van der Waals surface area contributed by atoms with Crippen LogP contribution in [-0.4, -0.2) is 19.9 Å². The van der Waals surface area contributed by atoms with Gasteiger partial charge in [0.25, 0.3) is 0 Å². The maximum Gasteiger partial charge on any atom is 0.151 e. The van der Waals surface area contributed by atoms with E-state index in [9.17, 15) is 4.79 Å². The van der Waals surface area contributed by atoms with Crippen molar-refractivity contribution in [1.82, 2.24) is 0 Å². The molecule has 72 valence electrons. The van der Waals surface area contributed by atoms with Crippen molar-refractivity contribution in [3.05, 3.63) is 28.2 Å². The van der Waals surface area contributed by atoms with Crippen molar-refractivity contribution >= 4 is 27.9 Å². The molecule has 0 bridgehead atoms. The van der Waals surface area contributed by atoms with Gasteiger partial charge >= 0.3 is 0 Å². The fraction of sp³-hybridized carbons (Fsp3) is 0.182. The smallest absolute Gasteiger partial charge is 0.151 e. The zero-order valence-electron chi connectivity index (χ0n) is 7.83. The lowest BCUT2D eigenvalue weighted by Gasteiger charge is -2.16. The second-order valence-electron chi connectivity index (χ2n) is 2.88. The van der Waals surface area contributed by atoms with E-state index in [4.69, 9.17) is 6.42 Å². The van der Waals surface area contributed by atoms with Crippen LogP contribution < -0.4 is 4.90 Å². The lowest BCUT2D eigenvalue weighted by molar-refractivity contribution is 0.112. The predicted octanol–water partition coefficient (Wildman–Crippen LogP) is 2.33. The maximum absolute atomic E-state index is 10.6. The van der Waals surface area contributed by atoms with Crippen molar-refractivity contribution in [2.24, 2.45) is 0 Å². The van der Waals surface area contributed by atoms with E-state index in [1.807, 2.05) is 24.1 Å². The summed E-state index contributed by atoms with van der Waals surface area (Å²) in [6.45, 7) is 0.548. The molecule has 0 radical (unpaired) electrons. The summed E-state index contributed by atoms with van der Waals surface area (Å²) in [4.78, 5) is 12.5. The van der Waals surface area contributed by atoms with Crippen LogP contribution in [0.1, 0.15) is 10.4 Å². The van der Waals surface area contributed by atoms with E-state index in [2.05, 4.69) is 21.9 Å². The van der Waals surface area contributed by atoms with Crippen molar-refractivity contribution in [2.45, 2.75) is 0 Å². The summed E-state index contributed by atoms with van der Waals surface area (Å²) in [7, 11) is 1.90. The van der Waals surface area contributed by atoms with E-state index in [0.717, 1.165) is 16.4 Å². The van der Waals surface area contributed by atoms with E-state index in [1.54, 1.807) is 6.07 Å². The van der Waals surface area contributed by atoms with Gasteiger partial charge in [-0.25, -0.2) is 0 Å². The van der Waals surface area contributed by atoms with Crippen LogP contribution >= 0.6 is 15.9 Å². The molecule has 0 N–H and O–H groups in total. The van der Waals surface area contributed by atoms with Crippen LogP contribution in [0.2, 0.25) is 0 Å². The standard InChI is InChI=1S/C11H10BrNO/c1-3-6-13(2)10-5-4-9(8-14)11(12)7-10/h1,4-5,7-8H,6H2,2H3. The fourth-order valence-electron chi connectivity index (χ4n) is 1.08. The van der Waals surface area contributed by atoms with E-state index >= 15 is 0 Å². The zero-order chi connectivity index (χ0) is 10.6. The number of anilines is 1. The number of terminal acetylenes is 1. The van der Waals surface area contributed by atoms with Gasteiger partial charge in [-0.2, -0.15) is 0 Å². The van der Waals surface area contributed by atoms with Gasteiger partial charge in [-0.1, -0.05) is 5.92 Å². The molecule has 0 unspecified atom stereocenters. The number of carbonyl (C=O) groups is 1. The molecule has 1 aromatic rings. The minimum Gasteiger partial charge on any atom is -0.363 e. The van der Waals surface area contributed by atoms with Crippen LogP contribution in [0.3, 0.4) is 0 Å². The lowest BCUT2D eigenvalue weighted by Crippen LogP contribution is -2.16. The van der Waals surface area contributed by atoms with Gasteiger partial charge in [0.15, 0.2) is 6.29 Å². The van der Waals surface area contributed by atoms with Gasteiger partial charge in [-0.05, 0) is 34.1 Å². The molecule has 0 aliphatic carbocycles. The molecule has 1 rings (SSSR count). The third kappa shape index (κ3) is 2.36. The molecular formula is C11H10BrNO. The molecule has 3 heteroatoms. The van der Waals surface area contributed by atoms with Crippen molar-refractivity contribution in [2.75, 3.05) is 18.5 Å². The summed E-state index contributed by atoms with van der Waals surface area (Å²) in [6, 6.07) is 5.51. The lowest BCUT2D eigenvalue weighted by atomic mass is 10.2. The van der Waals surface area contributed by atoms with Gasteiger partial charge < -0.3 is 4.90 Å². The maximum atomic E-state index is 10.6. The minimum atomic E-state index is 0.548. The molecule has 0 saturated carbocycles. The molecule has 1 aromatic carbocycles. The summed E-state index contributed by atoms with van der Waals surface area (Å²) in [5, 5.41) is 0. The Labute approximate surface area is 92.0 Å². The van der Waals surface area contributed by atoms with Gasteiger partial charge in [0.1, 0.15) is 0 Å². The predicted molar refractivity (Wildman–Crippen MR) is 61.6 cm³/mol. The van der Waals surface area contributed by atoms with Gasteiger partial charge in [0.2, 0.25) is 0 Å². The largest absolute Gasteiger partial charge is 0.363 e. The van der Waals surface area contributed by atoms with Crippen molar-refractivity contribution in [3.8, 4) is 12.3 Å². The van der Waals surface area contributed by atoms with Crippen LogP contribution in [-0.2, 0) is 0 Å². The summed E-state index contributed by atoms with van der Waals surface area (Å²) >= 11 is 3.32. The second-order valence-corrected chi connectivity index (χ2v) is 3.74. The van der Waals surface area contributed by atoms with Crippen molar-refractivity contribution in [3.63, 3.8) is 0 Å². The Morgan fingerprint density at radius 1 is 1.64 bits per heavy atom. The zero-order valence-corrected chi connectivity index (χ0v) is 9.41. The molecule has 0 aliphatic rings. The Morgan fingerprint density at radius 2 is 2.36 bits per heavy atom. The number of halogens is 1. The van der Waals surface area contributed by atoms with Crippen LogP contribution in [0, 0.1) is 12.3 Å². The summed E-state index contributed by atoms with van der Waals surface area (Å²) in [5.41, 5.74) is 1.63. The molecule has 0 aliphatic heterocycles. The van der Waals surface area contributed by atoms with Gasteiger partial charge in [-0.15, -0.1) is 6.42 Å². The van der Waals surface area contributed by atoms with Gasteiger partial charge in [-0.3, -0.25) is 4.79 Å². The molecule has 14 heavy (non-hydrogen) atoms. The quantitative estimate of drug-likeness (QED) is 0.607. The number of rotatable bonds is 3. The van der Waals surface area contributed by atoms with Crippen LogP contribution in [0.15, 0.2) is 22.7 Å². The third-order valence-electron chi connectivity index (χ3n) is 1.88. The first-order chi connectivity index (χ1) is 6.69. The summed E-state index contributed by atoms with van der Waals surface area (Å²) in [6.07, 6.45) is 6.02. The molecule has 0 saturated heterocycles.